The first-order valence-corrected chi connectivity index (χ1v) is 6.23. The van der Waals surface area contributed by atoms with E-state index in [0.717, 1.165) is 5.56 Å². The van der Waals surface area contributed by atoms with Crippen LogP contribution in [0.25, 0.3) is 0 Å². The van der Waals surface area contributed by atoms with Crippen molar-refractivity contribution < 1.29 is 14.4 Å². The van der Waals surface area contributed by atoms with Crippen LogP contribution in [0.3, 0.4) is 0 Å². The fourth-order valence-corrected chi connectivity index (χ4v) is 1.95. The molecule has 0 unspecified atom stereocenters. The maximum atomic E-state index is 11.8. The molecular weight excluding hydrogens is 256 g/mol. The maximum absolute atomic E-state index is 11.8. The van der Waals surface area contributed by atoms with Crippen LogP contribution in [0.5, 0.6) is 0 Å². The summed E-state index contributed by atoms with van der Waals surface area (Å²) < 4.78 is 0. The third-order valence-electron chi connectivity index (χ3n) is 2.93. The van der Waals surface area contributed by atoms with Crippen molar-refractivity contribution in [3.05, 3.63) is 28.8 Å². The lowest BCUT2D eigenvalue weighted by Crippen LogP contribution is -2.20. The predicted molar refractivity (Wildman–Crippen MR) is 74.3 cm³/mol. The van der Waals surface area contributed by atoms with Gasteiger partial charge in [-0.05, 0) is 18.6 Å². The Morgan fingerprint density at radius 2 is 2.10 bits per heavy atom. The second-order valence-electron chi connectivity index (χ2n) is 4.50. The minimum atomic E-state index is -0.619. The summed E-state index contributed by atoms with van der Waals surface area (Å²) in [6.07, 6.45) is 0.484. The Morgan fingerprint density at radius 3 is 2.80 bits per heavy atom. The molecule has 0 radical (unpaired) electrons. The molecular formula is C15H14N2O3. The van der Waals surface area contributed by atoms with E-state index in [4.69, 9.17) is 0 Å². The Hall–Kier alpha value is -2.61. The number of hydrogen-bond donors (Lipinski definition) is 2. The molecule has 0 atom stereocenters. The number of benzene rings is 1. The molecule has 1 heterocycles. The molecule has 2 N–H and O–H groups in total. The molecule has 0 saturated carbocycles. The number of amides is 2. The zero-order valence-corrected chi connectivity index (χ0v) is 11.3. The monoisotopic (exact) mass is 270 g/mol. The van der Waals surface area contributed by atoms with Crippen LogP contribution < -0.4 is 10.6 Å². The van der Waals surface area contributed by atoms with Crippen molar-refractivity contribution in [1.82, 2.24) is 5.32 Å². The van der Waals surface area contributed by atoms with Gasteiger partial charge in [0.05, 0.1) is 11.3 Å². The Morgan fingerprint density at radius 1 is 1.35 bits per heavy atom. The second kappa shape index (κ2) is 5.57. The standard InChI is InChI=1S/C15H14N2O3/c1-9-6-7-12-13(14(19)15(20)17-12)11(9)5-3-4-8-16-10(2)18/h6-7H,4,8H2,1-2H3,(H,16,18)(H,17,19,20). The highest BCUT2D eigenvalue weighted by Crippen LogP contribution is 2.28. The number of Topliss-reactive ketones (excluding diaryl/α,β-unsaturated/α-hetero) is 1. The van der Waals surface area contributed by atoms with E-state index in [1.165, 1.54) is 6.92 Å². The Kier molecular flexibility index (Phi) is 3.85. The first kappa shape index (κ1) is 13.8. The molecule has 2 amide bonds. The highest BCUT2D eigenvalue weighted by atomic mass is 16.2. The van der Waals surface area contributed by atoms with Crippen LogP contribution >= 0.6 is 0 Å². The highest BCUT2D eigenvalue weighted by Gasteiger charge is 2.30. The number of anilines is 1. The summed E-state index contributed by atoms with van der Waals surface area (Å²) in [6, 6.07) is 3.52. The lowest BCUT2D eigenvalue weighted by molar-refractivity contribution is -0.118. The summed E-state index contributed by atoms with van der Waals surface area (Å²) in [6.45, 7) is 3.74. The van der Waals surface area contributed by atoms with Crippen molar-refractivity contribution in [3.8, 4) is 11.8 Å². The van der Waals surface area contributed by atoms with E-state index in [2.05, 4.69) is 22.5 Å². The number of carbonyl (C=O) groups excluding carboxylic acids is 3. The molecule has 5 nitrogen and oxygen atoms in total. The lowest BCUT2D eigenvalue weighted by atomic mass is 9.99. The van der Waals surface area contributed by atoms with Crippen molar-refractivity contribution in [2.75, 3.05) is 11.9 Å². The highest BCUT2D eigenvalue weighted by molar-refractivity contribution is 6.52. The zero-order valence-electron chi connectivity index (χ0n) is 11.3. The van der Waals surface area contributed by atoms with E-state index in [0.29, 0.717) is 29.8 Å². The third kappa shape index (κ3) is 2.69. The quantitative estimate of drug-likeness (QED) is 0.478. The van der Waals surface area contributed by atoms with Gasteiger partial charge in [0.25, 0.3) is 11.7 Å². The summed E-state index contributed by atoms with van der Waals surface area (Å²) in [7, 11) is 0. The van der Waals surface area contributed by atoms with Gasteiger partial charge in [-0.1, -0.05) is 17.9 Å². The minimum absolute atomic E-state index is 0.103. The molecule has 1 aliphatic rings. The average molecular weight is 270 g/mol. The number of ketones is 1. The minimum Gasteiger partial charge on any atom is -0.355 e. The van der Waals surface area contributed by atoms with E-state index in [9.17, 15) is 14.4 Å². The van der Waals surface area contributed by atoms with Crippen molar-refractivity contribution in [2.24, 2.45) is 0 Å². The molecule has 0 aromatic heterocycles. The van der Waals surface area contributed by atoms with Gasteiger partial charge in [-0.3, -0.25) is 14.4 Å². The Balaban J connectivity index is 2.23. The van der Waals surface area contributed by atoms with Crippen molar-refractivity contribution in [2.45, 2.75) is 20.3 Å². The third-order valence-corrected chi connectivity index (χ3v) is 2.93. The van der Waals surface area contributed by atoms with Crippen LogP contribution in [0.4, 0.5) is 5.69 Å². The van der Waals surface area contributed by atoms with Gasteiger partial charge in [0.2, 0.25) is 5.91 Å². The van der Waals surface area contributed by atoms with Crippen LogP contribution in [0.2, 0.25) is 0 Å². The number of fused-ring (bicyclic) bond motifs is 1. The van der Waals surface area contributed by atoms with Crippen LogP contribution in [0.15, 0.2) is 12.1 Å². The van der Waals surface area contributed by atoms with Crippen LogP contribution in [0.1, 0.15) is 34.8 Å². The molecule has 1 aromatic rings. The fraction of sp³-hybridized carbons (Fsp3) is 0.267. The number of nitrogens with one attached hydrogen (secondary N) is 2. The molecule has 1 aromatic carbocycles. The van der Waals surface area contributed by atoms with Gasteiger partial charge >= 0.3 is 0 Å². The van der Waals surface area contributed by atoms with E-state index >= 15 is 0 Å². The normalized spacial score (nSPS) is 12.3. The van der Waals surface area contributed by atoms with Gasteiger partial charge in [-0.15, -0.1) is 0 Å². The molecule has 102 valence electrons. The van der Waals surface area contributed by atoms with Crippen LogP contribution in [-0.2, 0) is 9.59 Å². The molecule has 1 aliphatic heterocycles. The van der Waals surface area contributed by atoms with Crippen LogP contribution in [0, 0.1) is 18.8 Å². The van der Waals surface area contributed by atoms with Crippen molar-refractivity contribution in [3.63, 3.8) is 0 Å². The Labute approximate surface area is 116 Å². The fourth-order valence-electron chi connectivity index (χ4n) is 1.95. The number of hydrogen-bond acceptors (Lipinski definition) is 3. The molecule has 0 bridgehead atoms. The molecule has 0 aliphatic carbocycles. The van der Waals surface area contributed by atoms with Gasteiger partial charge in [0.1, 0.15) is 0 Å². The van der Waals surface area contributed by atoms with E-state index in [1.807, 2.05) is 13.0 Å². The summed E-state index contributed by atoms with van der Waals surface area (Å²) in [5, 5.41) is 5.16. The van der Waals surface area contributed by atoms with Gasteiger partial charge in [-0.25, -0.2) is 0 Å². The van der Waals surface area contributed by atoms with Crippen molar-refractivity contribution >= 4 is 23.3 Å². The second-order valence-corrected chi connectivity index (χ2v) is 4.50. The largest absolute Gasteiger partial charge is 0.355 e. The average Bonchev–Trinajstić information content (AvgIpc) is 2.67. The van der Waals surface area contributed by atoms with Gasteiger partial charge < -0.3 is 10.6 Å². The van der Waals surface area contributed by atoms with E-state index in [1.54, 1.807) is 6.07 Å². The predicted octanol–water partition coefficient (Wildman–Crippen LogP) is 1.01. The van der Waals surface area contributed by atoms with E-state index in [-0.39, 0.29) is 5.91 Å². The molecule has 0 fully saturated rings. The van der Waals surface area contributed by atoms with Gasteiger partial charge in [0, 0.05) is 25.5 Å². The summed E-state index contributed by atoms with van der Waals surface area (Å²) >= 11 is 0. The summed E-state index contributed by atoms with van der Waals surface area (Å²) in [5.74, 6) is 4.56. The van der Waals surface area contributed by atoms with Crippen LogP contribution in [-0.4, -0.2) is 24.1 Å². The SMILES string of the molecule is CC(=O)NCCC#Cc1c(C)ccc2c1C(=O)C(=O)N2. The molecule has 0 saturated heterocycles. The number of aryl methyl sites for hydroxylation is 1. The van der Waals surface area contributed by atoms with Crippen molar-refractivity contribution in [1.29, 1.82) is 0 Å². The maximum Gasteiger partial charge on any atom is 0.296 e. The lowest BCUT2D eigenvalue weighted by Gasteiger charge is -2.03. The summed E-state index contributed by atoms with van der Waals surface area (Å²) in [4.78, 5) is 33.9. The molecule has 2 rings (SSSR count). The smallest absolute Gasteiger partial charge is 0.296 e. The first-order chi connectivity index (χ1) is 9.50. The molecule has 20 heavy (non-hydrogen) atoms. The Bertz CT molecular complexity index is 666. The van der Waals surface area contributed by atoms with E-state index < -0.39 is 11.7 Å². The zero-order chi connectivity index (χ0) is 14.7. The molecule has 0 spiro atoms. The molecule has 5 heteroatoms. The number of carbonyl (C=O) groups is 3. The first-order valence-electron chi connectivity index (χ1n) is 6.23. The van der Waals surface area contributed by atoms with Gasteiger partial charge in [0.15, 0.2) is 0 Å². The topological polar surface area (TPSA) is 75.3 Å². The van der Waals surface area contributed by atoms with Gasteiger partial charge in [-0.2, -0.15) is 0 Å². The number of rotatable bonds is 2. The summed E-state index contributed by atoms with van der Waals surface area (Å²) in [5.41, 5.74) is 2.29.